The molecular formula is C24H21N5O3. The number of benzene rings is 3. The second-order valence-electron chi connectivity index (χ2n) is 6.74. The van der Waals surface area contributed by atoms with Gasteiger partial charge in [0.2, 0.25) is 5.95 Å². The molecule has 32 heavy (non-hydrogen) atoms. The maximum absolute atomic E-state index is 12.3. The summed E-state index contributed by atoms with van der Waals surface area (Å²) in [5.74, 6) is 1.27. The Labute approximate surface area is 184 Å². The average Bonchev–Trinajstić information content (AvgIpc) is 2.84. The zero-order valence-corrected chi connectivity index (χ0v) is 17.4. The molecule has 0 spiro atoms. The molecule has 3 aromatic carbocycles. The van der Waals surface area contributed by atoms with Gasteiger partial charge < -0.3 is 9.47 Å². The van der Waals surface area contributed by atoms with Crippen LogP contribution in [0.2, 0.25) is 0 Å². The minimum atomic E-state index is -0.364. The predicted octanol–water partition coefficient (Wildman–Crippen LogP) is 3.87. The number of rotatable bonds is 8. The molecule has 0 unspecified atom stereocenters. The van der Waals surface area contributed by atoms with Crippen LogP contribution in [0.25, 0.3) is 11.3 Å². The summed E-state index contributed by atoms with van der Waals surface area (Å²) in [5, 5.41) is 12.2. The molecule has 1 aromatic heterocycles. The molecule has 0 bridgehead atoms. The number of aromatic amines is 1. The fraction of sp³-hybridized carbons (Fsp3) is 0.0833. The summed E-state index contributed by atoms with van der Waals surface area (Å²) >= 11 is 0. The minimum Gasteiger partial charge on any atom is -0.493 e. The second-order valence-corrected chi connectivity index (χ2v) is 6.74. The van der Waals surface area contributed by atoms with Gasteiger partial charge in [0.15, 0.2) is 17.2 Å². The highest BCUT2D eigenvalue weighted by atomic mass is 16.5. The highest BCUT2D eigenvalue weighted by molar-refractivity contribution is 5.85. The molecule has 1 heterocycles. The molecule has 8 nitrogen and oxygen atoms in total. The molecule has 0 saturated carbocycles. The number of nitrogens with one attached hydrogen (secondary N) is 2. The van der Waals surface area contributed by atoms with Crippen molar-refractivity contribution >= 4 is 12.2 Å². The van der Waals surface area contributed by atoms with Crippen molar-refractivity contribution in [3.8, 4) is 22.8 Å². The van der Waals surface area contributed by atoms with E-state index in [0.717, 1.165) is 5.56 Å². The third-order valence-corrected chi connectivity index (χ3v) is 4.57. The fourth-order valence-corrected chi connectivity index (χ4v) is 3.01. The summed E-state index contributed by atoms with van der Waals surface area (Å²) in [6.45, 7) is 0.384. The van der Waals surface area contributed by atoms with Crippen molar-refractivity contribution in [2.24, 2.45) is 5.10 Å². The summed E-state index contributed by atoms with van der Waals surface area (Å²) in [6.07, 6.45) is 1.56. The number of anilines is 1. The maximum Gasteiger partial charge on any atom is 0.279 e. The maximum atomic E-state index is 12.3. The van der Waals surface area contributed by atoms with Crippen LogP contribution in [0.4, 0.5) is 5.95 Å². The van der Waals surface area contributed by atoms with Crippen LogP contribution >= 0.6 is 0 Å². The van der Waals surface area contributed by atoms with Crippen molar-refractivity contribution < 1.29 is 9.47 Å². The fourth-order valence-electron chi connectivity index (χ4n) is 3.01. The molecular weight excluding hydrogens is 406 g/mol. The van der Waals surface area contributed by atoms with Gasteiger partial charge in [-0.05, 0) is 17.7 Å². The zero-order valence-electron chi connectivity index (χ0n) is 17.4. The molecule has 4 aromatic rings. The summed E-state index contributed by atoms with van der Waals surface area (Å²) in [6, 6.07) is 24.5. The lowest BCUT2D eigenvalue weighted by atomic mass is 10.2. The van der Waals surface area contributed by atoms with Gasteiger partial charge in [-0.25, -0.2) is 5.43 Å². The van der Waals surface area contributed by atoms with E-state index in [1.165, 1.54) is 0 Å². The van der Waals surface area contributed by atoms with Crippen LogP contribution in [0.15, 0.2) is 88.8 Å². The quantitative estimate of drug-likeness (QED) is 0.327. The van der Waals surface area contributed by atoms with E-state index in [0.29, 0.717) is 29.2 Å². The Kier molecular flexibility index (Phi) is 6.52. The molecule has 0 fully saturated rings. The Balaban J connectivity index is 1.50. The Hall–Kier alpha value is -4.46. The molecule has 8 heteroatoms. The lowest BCUT2D eigenvalue weighted by Crippen LogP contribution is -2.15. The summed E-state index contributed by atoms with van der Waals surface area (Å²) < 4.78 is 11.4. The van der Waals surface area contributed by atoms with Crippen molar-refractivity contribution in [3.05, 3.63) is 100 Å². The van der Waals surface area contributed by atoms with Crippen LogP contribution in [0.5, 0.6) is 11.5 Å². The van der Waals surface area contributed by atoms with Crippen molar-refractivity contribution in [1.29, 1.82) is 0 Å². The molecule has 2 N–H and O–H groups in total. The van der Waals surface area contributed by atoms with E-state index < -0.39 is 0 Å². The van der Waals surface area contributed by atoms with Gasteiger partial charge in [-0.3, -0.25) is 9.78 Å². The Morgan fingerprint density at radius 3 is 2.44 bits per heavy atom. The normalized spacial score (nSPS) is 10.8. The molecule has 160 valence electrons. The molecule has 0 radical (unpaired) electrons. The highest BCUT2D eigenvalue weighted by Crippen LogP contribution is 2.30. The number of methoxy groups -OCH3 is 1. The van der Waals surface area contributed by atoms with E-state index in [1.807, 2.05) is 66.7 Å². The number of ether oxygens (including phenoxy) is 2. The van der Waals surface area contributed by atoms with Crippen molar-refractivity contribution in [2.75, 3.05) is 12.5 Å². The molecule has 0 aliphatic rings. The van der Waals surface area contributed by atoms with E-state index in [4.69, 9.17) is 9.47 Å². The third kappa shape index (κ3) is 4.99. The van der Waals surface area contributed by atoms with Crippen LogP contribution in [-0.2, 0) is 6.61 Å². The average molecular weight is 427 g/mol. The second kappa shape index (κ2) is 10.0. The van der Waals surface area contributed by atoms with Crippen molar-refractivity contribution in [3.63, 3.8) is 0 Å². The number of H-pyrrole nitrogens is 1. The van der Waals surface area contributed by atoms with Gasteiger partial charge in [-0.15, -0.1) is 10.2 Å². The Morgan fingerprint density at radius 2 is 1.72 bits per heavy atom. The molecule has 4 rings (SSSR count). The first-order chi connectivity index (χ1) is 15.7. The number of hydrazone groups is 1. The standard InChI is InChI=1S/C24H21N5O3/c1-31-20-14-8-13-19(22(20)32-16-17-9-4-2-5-10-17)15-25-28-24-26-23(30)21(27-29-24)18-11-6-3-7-12-18/h2-15H,16H2,1H3,(H2,26,28,29,30)/b25-15+. The van der Waals surface area contributed by atoms with Gasteiger partial charge in [0.05, 0.1) is 13.3 Å². The van der Waals surface area contributed by atoms with Crippen LogP contribution in [-0.4, -0.2) is 28.5 Å². The molecule has 0 aliphatic heterocycles. The van der Waals surface area contributed by atoms with Gasteiger partial charge in [0.1, 0.15) is 6.61 Å². The minimum absolute atomic E-state index is 0.126. The Bertz CT molecular complexity index is 1260. The first-order valence-electron chi connectivity index (χ1n) is 9.90. The number of nitrogens with zero attached hydrogens (tertiary/aromatic N) is 3. The number of hydrogen-bond donors (Lipinski definition) is 2. The summed E-state index contributed by atoms with van der Waals surface area (Å²) in [5.41, 5.74) is 4.99. The SMILES string of the molecule is COc1cccc(/C=N/Nc2nnc(-c3ccccc3)c(=O)[nH]2)c1OCc1ccccc1. The monoisotopic (exact) mass is 427 g/mol. The van der Waals surface area contributed by atoms with Crippen LogP contribution < -0.4 is 20.5 Å². The first kappa shape index (κ1) is 20.8. The van der Waals surface area contributed by atoms with Gasteiger partial charge >= 0.3 is 0 Å². The number of para-hydroxylation sites is 1. The lowest BCUT2D eigenvalue weighted by Gasteiger charge is -2.13. The van der Waals surface area contributed by atoms with Crippen molar-refractivity contribution in [1.82, 2.24) is 15.2 Å². The molecule has 0 saturated heterocycles. The van der Waals surface area contributed by atoms with Crippen molar-refractivity contribution in [2.45, 2.75) is 6.61 Å². The first-order valence-corrected chi connectivity index (χ1v) is 9.90. The van der Waals surface area contributed by atoms with E-state index in [1.54, 1.807) is 25.5 Å². The smallest absolute Gasteiger partial charge is 0.279 e. The molecule has 0 aliphatic carbocycles. The largest absolute Gasteiger partial charge is 0.493 e. The van der Waals surface area contributed by atoms with E-state index in [-0.39, 0.29) is 17.2 Å². The highest BCUT2D eigenvalue weighted by Gasteiger charge is 2.10. The summed E-state index contributed by atoms with van der Waals surface area (Å²) in [4.78, 5) is 15.0. The van der Waals surface area contributed by atoms with E-state index >= 15 is 0 Å². The topological polar surface area (TPSA) is 101 Å². The Morgan fingerprint density at radius 1 is 0.969 bits per heavy atom. The number of hydrogen-bond acceptors (Lipinski definition) is 7. The third-order valence-electron chi connectivity index (χ3n) is 4.57. The summed E-state index contributed by atoms with van der Waals surface area (Å²) in [7, 11) is 1.58. The zero-order chi connectivity index (χ0) is 22.2. The molecule has 0 amide bonds. The number of aromatic nitrogens is 3. The predicted molar refractivity (Wildman–Crippen MR) is 123 cm³/mol. The lowest BCUT2D eigenvalue weighted by molar-refractivity contribution is 0.284. The van der Waals surface area contributed by atoms with Gasteiger partial charge in [-0.2, -0.15) is 5.10 Å². The van der Waals surface area contributed by atoms with Gasteiger partial charge in [0.25, 0.3) is 5.56 Å². The van der Waals surface area contributed by atoms with Crippen LogP contribution in [0, 0.1) is 0 Å². The van der Waals surface area contributed by atoms with Crippen LogP contribution in [0.1, 0.15) is 11.1 Å². The van der Waals surface area contributed by atoms with Gasteiger partial charge in [-0.1, -0.05) is 66.7 Å². The van der Waals surface area contributed by atoms with Gasteiger partial charge in [0, 0.05) is 11.1 Å². The van der Waals surface area contributed by atoms with E-state index in [9.17, 15) is 4.79 Å². The van der Waals surface area contributed by atoms with Crippen LogP contribution in [0.3, 0.4) is 0 Å². The molecule has 0 atom stereocenters. The van der Waals surface area contributed by atoms with E-state index in [2.05, 4.69) is 25.7 Å².